The van der Waals surface area contributed by atoms with E-state index in [0.29, 0.717) is 37.4 Å². The molecule has 2 aromatic rings. The maximum Gasteiger partial charge on any atom is 0.417 e. The van der Waals surface area contributed by atoms with Crippen molar-refractivity contribution < 1.29 is 27.5 Å². The van der Waals surface area contributed by atoms with Crippen molar-refractivity contribution in [3.63, 3.8) is 0 Å². The van der Waals surface area contributed by atoms with Crippen molar-refractivity contribution in [3.8, 4) is 0 Å². The minimum atomic E-state index is -4.43. The molecule has 0 aliphatic carbocycles. The lowest BCUT2D eigenvalue weighted by molar-refractivity contribution is -0.158. The summed E-state index contributed by atoms with van der Waals surface area (Å²) in [5, 5.41) is 2.73. The molecular weight excluding hydrogens is 423 g/mol. The highest BCUT2D eigenvalue weighted by Crippen LogP contribution is 2.30. The molecule has 2 heterocycles. The first-order valence-electron chi connectivity index (χ1n) is 10.6. The van der Waals surface area contributed by atoms with Crippen molar-refractivity contribution in [3.05, 3.63) is 53.7 Å². The van der Waals surface area contributed by atoms with E-state index in [4.69, 9.17) is 4.74 Å². The third kappa shape index (κ3) is 5.99. The van der Waals surface area contributed by atoms with Crippen LogP contribution < -0.4 is 10.2 Å². The number of alkyl halides is 3. The van der Waals surface area contributed by atoms with E-state index in [0.717, 1.165) is 24.2 Å². The van der Waals surface area contributed by atoms with Crippen LogP contribution in [0.1, 0.15) is 37.8 Å². The van der Waals surface area contributed by atoms with Crippen molar-refractivity contribution in [2.45, 2.75) is 45.4 Å². The Hall–Kier alpha value is -3.10. The number of hydrogen-bond acceptors (Lipinski definition) is 5. The molecule has 1 aromatic carbocycles. The van der Waals surface area contributed by atoms with Gasteiger partial charge in [-0.05, 0) is 56.0 Å². The number of benzene rings is 1. The van der Waals surface area contributed by atoms with Gasteiger partial charge in [0.25, 0.3) is 5.91 Å². The molecule has 1 N–H and O–H groups in total. The summed E-state index contributed by atoms with van der Waals surface area (Å²) in [6.07, 6.45) is -2.72. The van der Waals surface area contributed by atoms with E-state index in [-0.39, 0.29) is 5.92 Å². The monoisotopic (exact) mass is 449 g/mol. The second-order valence-corrected chi connectivity index (χ2v) is 7.78. The number of piperidine rings is 1. The first kappa shape index (κ1) is 23.6. The van der Waals surface area contributed by atoms with Crippen LogP contribution in [-0.4, -0.2) is 36.1 Å². The fourth-order valence-corrected chi connectivity index (χ4v) is 3.48. The highest BCUT2D eigenvalue weighted by atomic mass is 19.4. The molecule has 0 bridgehead atoms. The first-order chi connectivity index (χ1) is 15.2. The highest BCUT2D eigenvalue weighted by Gasteiger charge is 2.32. The second kappa shape index (κ2) is 10.0. The number of halogens is 3. The summed E-state index contributed by atoms with van der Waals surface area (Å²) in [6, 6.07) is 9.78. The number of anilines is 2. The van der Waals surface area contributed by atoms with Crippen molar-refractivity contribution in [2.24, 2.45) is 5.92 Å². The second-order valence-electron chi connectivity index (χ2n) is 7.78. The molecule has 1 amide bonds. The van der Waals surface area contributed by atoms with Crippen molar-refractivity contribution in [1.82, 2.24) is 4.98 Å². The van der Waals surface area contributed by atoms with Crippen molar-refractivity contribution in [2.75, 3.05) is 23.3 Å². The Labute approximate surface area is 184 Å². The molecule has 0 unspecified atom stereocenters. The normalized spacial score (nSPS) is 15.8. The van der Waals surface area contributed by atoms with E-state index >= 15 is 0 Å². The van der Waals surface area contributed by atoms with Crippen LogP contribution in [0.2, 0.25) is 0 Å². The van der Waals surface area contributed by atoms with Gasteiger partial charge in [-0.15, -0.1) is 0 Å². The number of carbonyl (C=O) groups excluding carboxylic acids is 2. The van der Waals surface area contributed by atoms with Gasteiger partial charge in [-0.2, -0.15) is 13.2 Å². The number of hydrogen-bond donors (Lipinski definition) is 1. The molecule has 1 aliphatic rings. The summed E-state index contributed by atoms with van der Waals surface area (Å²) in [7, 11) is 0. The largest absolute Gasteiger partial charge is 0.452 e. The van der Waals surface area contributed by atoms with Crippen LogP contribution in [0.15, 0.2) is 42.6 Å². The van der Waals surface area contributed by atoms with Crippen molar-refractivity contribution in [1.29, 1.82) is 0 Å². The number of carbonyl (C=O) groups is 2. The zero-order valence-electron chi connectivity index (χ0n) is 18.0. The molecular formula is C23H26F3N3O3. The Kier molecular flexibility index (Phi) is 7.37. The van der Waals surface area contributed by atoms with Crippen LogP contribution in [0, 0.1) is 5.92 Å². The third-order valence-corrected chi connectivity index (χ3v) is 5.52. The molecule has 9 heteroatoms. The molecule has 32 heavy (non-hydrogen) atoms. The van der Waals surface area contributed by atoms with E-state index in [9.17, 15) is 22.8 Å². The molecule has 1 aromatic heterocycles. The van der Waals surface area contributed by atoms with Crippen molar-refractivity contribution >= 4 is 23.4 Å². The lowest BCUT2D eigenvalue weighted by Crippen LogP contribution is -2.39. The molecule has 3 rings (SSSR count). The van der Waals surface area contributed by atoms with Gasteiger partial charge in [0.1, 0.15) is 5.82 Å². The molecule has 0 saturated carbocycles. The minimum Gasteiger partial charge on any atom is -0.452 e. The van der Waals surface area contributed by atoms with Gasteiger partial charge in [0, 0.05) is 25.0 Å². The lowest BCUT2D eigenvalue weighted by atomic mass is 9.97. The lowest BCUT2D eigenvalue weighted by Gasteiger charge is -2.32. The van der Waals surface area contributed by atoms with Crippen LogP contribution in [0.25, 0.3) is 0 Å². The summed E-state index contributed by atoms with van der Waals surface area (Å²) in [5.41, 5.74) is 0.987. The SMILES string of the molecule is CCc1ccc(NC(=O)[C@H](C)OC(=O)C2CCN(c3ccc(C(F)(F)F)cn3)CC2)cc1. The number of amides is 1. The van der Waals surface area contributed by atoms with E-state index in [1.54, 1.807) is 12.1 Å². The number of esters is 1. The summed E-state index contributed by atoms with van der Waals surface area (Å²) < 4.78 is 43.4. The maximum atomic E-state index is 12.7. The fraction of sp³-hybridized carbons (Fsp3) is 0.435. The molecule has 0 radical (unpaired) electrons. The Morgan fingerprint density at radius 2 is 1.81 bits per heavy atom. The third-order valence-electron chi connectivity index (χ3n) is 5.52. The average Bonchev–Trinajstić information content (AvgIpc) is 2.79. The smallest absolute Gasteiger partial charge is 0.417 e. The number of nitrogens with zero attached hydrogens (tertiary/aromatic N) is 2. The van der Waals surface area contributed by atoms with Gasteiger partial charge >= 0.3 is 12.1 Å². The fourth-order valence-electron chi connectivity index (χ4n) is 3.48. The van der Waals surface area contributed by atoms with Crippen LogP contribution in [-0.2, 0) is 26.9 Å². The number of ether oxygens (including phenoxy) is 1. The molecule has 0 spiro atoms. The summed E-state index contributed by atoms with van der Waals surface area (Å²) >= 11 is 0. The Morgan fingerprint density at radius 3 is 2.34 bits per heavy atom. The topological polar surface area (TPSA) is 71.5 Å². The summed E-state index contributed by atoms with van der Waals surface area (Å²) in [4.78, 5) is 30.6. The van der Waals surface area contributed by atoms with Gasteiger partial charge in [-0.1, -0.05) is 19.1 Å². The summed E-state index contributed by atoms with van der Waals surface area (Å²) in [5.74, 6) is -0.797. The van der Waals surface area contributed by atoms with Gasteiger partial charge in [0.05, 0.1) is 11.5 Å². The van der Waals surface area contributed by atoms with Gasteiger partial charge in [0.15, 0.2) is 6.10 Å². The molecule has 1 fully saturated rings. The quantitative estimate of drug-likeness (QED) is 0.660. The molecule has 1 aliphatic heterocycles. The Bertz CT molecular complexity index is 922. The Balaban J connectivity index is 1.47. The molecule has 1 atom stereocenters. The number of aryl methyl sites for hydroxylation is 1. The number of nitrogens with one attached hydrogen (secondary N) is 1. The average molecular weight is 449 g/mol. The van der Waals surface area contributed by atoms with Crippen LogP contribution >= 0.6 is 0 Å². The predicted molar refractivity (Wildman–Crippen MR) is 114 cm³/mol. The highest BCUT2D eigenvalue weighted by molar-refractivity contribution is 5.95. The molecule has 1 saturated heterocycles. The number of aromatic nitrogens is 1. The standard InChI is InChI=1S/C23H26F3N3O3/c1-3-16-4-7-19(8-5-16)28-21(30)15(2)32-22(31)17-10-12-29(13-11-17)20-9-6-18(14-27-20)23(24,25)26/h4-9,14-15,17H,3,10-13H2,1-2H3,(H,28,30)/t15-/m0/s1. The zero-order valence-corrected chi connectivity index (χ0v) is 18.0. The maximum absolute atomic E-state index is 12.7. The van der Waals surface area contributed by atoms with Crippen LogP contribution in [0.3, 0.4) is 0 Å². The summed E-state index contributed by atoms with van der Waals surface area (Å²) in [6.45, 7) is 4.49. The molecule has 6 nitrogen and oxygen atoms in total. The first-order valence-corrected chi connectivity index (χ1v) is 10.6. The molecule has 172 valence electrons. The minimum absolute atomic E-state index is 0.375. The van der Waals surface area contributed by atoms with E-state index in [1.165, 1.54) is 13.0 Å². The van der Waals surface area contributed by atoms with E-state index in [1.807, 2.05) is 24.0 Å². The van der Waals surface area contributed by atoms with E-state index in [2.05, 4.69) is 10.3 Å². The van der Waals surface area contributed by atoms with Gasteiger partial charge in [-0.3, -0.25) is 9.59 Å². The van der Waals surface area contributed by atoms with Crippen LogP contribution in [0.5, 0.6) is 0 Å². The zero-order chi connectivity index (χ0) is 23.3. The number of pyridine rings is 1. The predicted octanol–water partition coefficient (Wildman–Crippen LogP) is 4.45. The Morgan fingerprint density at radius 1 is 1.16 bits per heavy atom. The van der Waals surface area contributed by atoms with Crippen LogP contribution in [0.4, 0.5) is 24.7 Å². The van der Waals surface area contributed by atoms with E-state index < -0.39 is 29.7 Å². The van der Waals surface area contributed by atoms with Gasteiger partial charge in [-0.25, -0.2) is 4.98 Å². The van der Waals surface area contributed by atoms with Gasteiger partial charge in [0.2, 0.25) is 0 Å². The number of rotatable bonds is 6. The van der Waals surface area contributed by atoms with Gasteiger partial charge < -0.3 is 15.0 Å².